The minimum Gasteiger partial charge on any atom is -0.289 e. The van der Waals surface area contributed by atoms with E-state index in [4.69, 9.17) is 11.6 Å². The second-order valence-electron chi connectivity index (χ2n) is 4.00. The van der Waals surface area contributed by atoms with Crippen LogP contribution in [0.15, 0.2) is 46.9 Å². The molecule has 0 saturated heterocycles. The summed E-state index contributed by atoms with van der Waals surface area (Å²) >= 11 is 8.71. The molecule has 0 amide bonds. The highest BCUT2D eigenvalue weighted by Gasteiger charge is 2.33. The van der Waals surface area contributed by atoms with Gasteiger partial charge in [-0.15, -0.1) is 0 Å². The summed E-state index contributed by atoms with van der Waals surface area (Å²) in [5, 5.41) is 0.203. The molecule has 0 aliphatic rings. The molecule has 0 aliphatic heterocycles. The Morgan fingerprint density at radius 3 is 2.35 bits per heavy atom. The van der Waals surface area contributed by atoms with Crippen LogP contribution in [0.1, 0.15) is 21.5 Å². The molecule has 0 saturated carbocycles. The zero-order chi connectivity index (χ0) is 14.9. The Balaban J connectivity index is 2.50. The number of hydrogen-bond acceptors (Lipinski definition) is 1. The smallest absolute Gasteiger partial charge is 0.289 e. The predicted molar refractivity (Wildman–Crippen MR) is 74.0 cm³/mol. The van der Waals surface area contributed by atoms with E-state index >= 15 is 0 Å². The summed E-state index contributed by atoms with van der Waals surface area (Å²) in [6.07, 6.45) is -4.53. The van der Waals surface area contributed by atoms with Crippen LogP contribution in [0.5, 0.6) is 0 Å². The molecule has 0 N–H and O–H groups in total. The van der Waals surface area contributed by atoms with Crippen LogP contribution < -0.4 is 0 Å². The first-order chi connectivity index (χ1) is 9.30. The zero-order valence-corrected chi connectivity index (χ0v) is 12.2. The molecule has 1 nitrogen and oxygen atoms in total. The quantitative estimate of drug-likeness (QED) is 0.657. The van der Waals surface area contributed by atoms with Crippen molar-refractivity contribution in [1.82, 2.24) is 0 Å². The summed E-state index contributed by atoms with van der Waals surface area (Å²) in [5.41, 5.74) is -0.784. The second kappa shape index (κ2) is 5.58. The van der Waals surface area contributed by atoms with E-state index in [-0.39, 0.29) is 20.6 Å². The normalized spacial score (nSPS) is 11.4. The lowest BCUT2D eigenvalue weighted by molar-refractivity contribution is -0.138. The standard InChI is InChI=1S/C14H7BrClF3O/c15-11-6-5-8(7-10(11)14(17,18)19)13(20)9-3-1-2-4-12(9)16/h1-7H. The molecule has 0 aromatic heterocycles. The lowest BCUT2D eigenvalue weighted by Gasteiger charge is -2.11. The van der Waals surface area contributed by atoms with Gasteiger partial charge in [-0.1, -0.05) is 39.7 Å². The van der Waals surface area contributed by atoms with Gasteiger partial charge in [-0.2, -0.15) is 13.2 Å². The number of benzene rings is 2. The maximum Gasteiger partial charge on any atom is 0.417 e. The molecule has 0 fully saturated rings. The third-order valence-electron chi connectivity index (χ3n) is 2.65. The zero-order valence-electron chi connectivity index (χ0n) is 9.84. The third kappa shape index (κ3) is 3.04. The van der Waals surface area contributed by atoms with E-state index < -0.39 is 17.5 Å². The van der Waals surface area contributed by atoms with E-state index in [1.807, 2.05) is 0 Å². The SMILES string of the molecule is O=C(c1ccc(Br)c(C(F)(F)F)c1)c1ccccc1Cl. The van der Waals surface area contributed by atoms with Crippen molar-refractivity contribution < 1.29 is 18.0 Å². The molecule has 6 heteroatoms. The number of alkyl halides is 3. The van der Waals surface area contributed by atoms with E-state index in [9.17, 15) is 18.0 Å². The van der Waals surface area contributed by atoms with Gasteiger partial charge in [0.1, 0.15) is 0 Å². The Bertz CT molecular complexity index is 668. The van der Waals surface area contributed by atoms with Crippen molar-refractivity contribution >= 4 is 33.3 Å². The summed E-state index contributed by atoms with van der Waals surface area (Å²) in [5.74, 6) is -0.548. The minimum atomic E-state index is -4.53. The summed E-state index contributed by atoms with van der Waals surface area (Å²) in [6, 6.07) is 9.57. The second-order valence-corrected chi connectivity index (χ2v) is 5.26. The van der Waals surface area contributed by atoms with Gasteiger partial charge < -0.3 is 0 Å². The lowest BCUT2D eigenvalue weighted by Crippen LogP contribution is -2.09. The molecule has 2 aromatic carbocycles. The predicted octanol–water partition coefficient (Wildman–Crippen LogP) is 5.35. The first-order valence-electron chi connectivity index (χ1n) is 5.46. The Morgan fingerprint density at radius 2 is 1.75 bits per heavy atom. The highest BCUT2D eigenvalue weighted by Crippen LogP contribution is 2.35. The van der Waals surface area contributed by atoms with E-state index in [0.29, 0.717) is 0 Å². The number of halogens is 5. The summed E-state index contributed by atoms with van der Waals surface area (Å²) in [7, 11) is 0. The number of carbonyl (C=O) groups excluding carboxylic acids is 1. The van der Waals surface area contributed by atoms with Gasteiger partial charge in [-0.05, 0) is 30.3 Å². The molecular formula is C14H7BrClF3O. The van der Waals surface area contributed by atoms with Crippen molar-refractivity contribution in [1.29, 1.82) is 0 Å². The topological polar surface area (TPSA) is 17.1 Å². The molecule has 20 heavy (non-hydrogen) atoms. The fourth-order valence-electron chi connectivity index (χ4n) is 1.68. The van der Waals surface area contributed by atoms with Crippen LogP contribution >= 0.6 is 27.5 Å². The summed E-state index contributed by atoms with van der Waals surface area (Å²) in [6.45, 7) is 0. The largest absolute Gasteiger partial charge is 0.417 e. The molecule has 0 unspecified atom stereocenters. The Labute approximate surface area is 126 Å². The van der Waals surface area contributed by atoms with Gasteiger partial charge in [0.05, 0.1) is 10.6 Å². The first-order valence-corrected chi connectivity index (χ1v) is 6.64. The van der Waals surface area contributed by atoms with Crippen LogP contribution in [-0.2, 0) is 6.18 Å². The third-order valence-corrected chi connectivity index (χ3v) is 3.67. The summed E-state index contributed by atoms with van der Waals surface area (Å²) in [4.78, 5) is 12.2. The lowest BCUT2D eigenvalue weighted by atomic mass is 10.0. The van der Waals surface area contributed by atoms with Gasteiger partial charge in [-0.25, -0.2) is 0 Å². The monoisotopic (exact) mass is 362 g/mol. The molecule has 104 valence electrons. The van der Waals surface area contributed by atoms with Gasteiger partial charge in [0, 0.05) is 15.6 Å². The van der Waals surface area contributed by atoms with Gasteiger partial charge in [0.2, 0.25) is 0 Å². The Kier molecular flexibility index (Phi) is 4.20. The van der Waals surface area contributed by atoms with Crippen LogP contribution in [0.25, 0.3) is 0 Å². The molecule has 2 rings (SSSR count). The summed E-state index contributed by atoms with van der Waals surface area (Å²) < 4.78 is 38.3. The van der Waals surface area contributed by atoms with Gasteiger partial charge in [0.25, 0.3) is 0 Å². The maximum atomic E-state index is 12.8. The molecule has 0 aliphatic carbocycles. The first kappa shape index (κ1) is 15.1. The Hall–Kier alpha value is -1.33. The van der Waals surface area contributed by atoms with Crippen LogP contribution in [0.4, 0.5) is 13.2 Å². The van der Waals surface area contributed by atoms with Gasteiger partial charge in [0.15, 0.2) is 5.78 Å². The molecule has 0 heterocycles. The van der Waals surface area contributed by atoms with E-state index in [1.165, 1.54) is 24.3 Å². The molecular weight excluding hydrogens is 357 g/mol. The molecule has 0 radical (unpaired) electrons. The number of rotatable bonds is 2. The molecule has 2 aromatic rings. The van der Waals surface area contributed by atoms with E-state index in [1.54, 1.807) is 12.1 Å². The van der Waals surface area contributed by atoms with Crippen LogP contribution in [0, 0.1) is 0 Å². The average molecular weight is 364 g/mol. The van der Waals surface area contributed by atoms with Gasteiger partial charge >= 0.3 is 6.18 Å². The highest BCUT2D eigenvalue weighted by atomic mass is 79.9. The van der Waals surface area contributed by atoms with Crippen molar-refractivity contribution in [2.75, 3.05) is 0 Å². The highest BCUT2D eigenvalue weighted by molar-refractivity contribution is 9.10. The number of ketones is 1. The van der Waals surface area contributed by atoms with Crippen molar-refractivity contribution in [3.8, 4) is 0 Å². The fourth-order valence-corrected chi connectivity index (χ4v) is 2.38. The molecule has 0 atom stereocenters. The average Bonchev–Trinajstić information content (AvgIpc) is 2.37. The maximum absolute atomic E-state index is 12.8. The van der Waals surface area contributed by atoms with Crippen molar-refractivity contribution in [3.63, 3.8) is 0 Å². The van der Waals surface area contributed by atoms with Crippen LogP contribution in [0.2, 0.25) is 5.02 Å². The van der Waals surface area contributed by atoms with Crippen molar-refractivity contribution in [3.05, 3.63) is 68.7 Å². The van der Waals surface area contributed by atoms with Gasteiger partial charge in [-0.3, -0.25) is 4.79 Å². The Morgan fingerprint density at radius 1 is 1.10 bits per heavy atom. The van der Waals surface area contributed by atoms with Crippen LogP contribution in [0.3, 0.4) is 0 Å². The van der Waals surface area contributed by atoms with E-state index in [2.05, 4.69) is 15.9 Å². The fraction of sp³-hybridized carbons (Fsp3) is 0.0714. The van der Waals surface area contributed by atoms with E-state index in [0.717, 1.165) is 6.07 Å². The minimum absolute atomic E-state index is 0.0615. The molecule has 0 spiro atoms. The van der Waals surface area contributed by atoms with Crippen molar-refractivity contribution in [2.24, 2.45) is 0 Å². The number of hydrogen-bond donors (Lipinski definition) is 0. The molecule has 0 bridgehead atoms. The number of carbonyl (C=O) groups is 1. The van der Waals surface area contributed by atoms with Crippen LogP contribution in [-0.4, -0.2) is 5.78 Å². The van der Waals surface area contributed by atoms with Crippen molar-refractivity contribution in [2.45, 2.75) is 6.18 Å².